The summed E-state index contributed by atoms with van der Waals surface area (Å²) in [5, 5.41) is 17.3. The summed E-state index contributed by atoms with van der Waals surface area (Å²) in [6, 6.07) is 6.76. The number of fused-ring (bicyclic) bond motifs is 1. The highest BCUT2D eigenvalue weighted by Crippen LogP contribution is 2.35. The average molecular weight is 262 g/mol. The topological polar surface area (TPSA) is 99.3 Å². The van der Waals surface area contributed by atoms with Gasteiger partial charge in [0.05, 0.1) is 4.90 Å². The van der Waals surface area contributed by atoms with Gasteiger partial charge in [0.15, 0.2) is 5.75 Å². The van der Waals surface area contributed by atoms with E-state index in [1.807, 2.05) is 0 Å². The second-order valence-corrected chi connectivity index (χ2v) is 4.93. The van der Waals surface area contributed by atoms with E-state index in [4.69, 9.17) is 12.5 Å². The summed E-state index contributed by atoms with van der Waals surface area (Å²) in [5.74, 6) is -0.163. The lowest BCUT2D eigenvalue weighted by atomic mass is 10.1. The molecule has 18 heavy (non-hydrogen) atoms. The number of nitrogens with zero attached hydrogens (tertiary/aromatic N) is 2. The predicted octanol–water partition coefficient (Wildman–Crippen LogP) is 1.96. The number of hydrogen-bond acceptors (Lipinski definition) is 5. The molecule has 2 rings (SSSR count). The van der Waals surface area contributed by atoms with Crippen LogP contribution in [0.3, 0.4) is 0 Å². The molecule has 0 heterocycles. The molecule has 0 bridgehead atoms. The number of phenolic OH excluding ortho intramolecular Hbond substituents is 1. The monoisotopic (exact) mass is 262 g/mol. The zero-order chi connectivity index (χ0) is 13.3. The lowest BCUT2D eigenvalue weighted by Crippen LogP contribution is -1.97. The maximum Gasteiger partial charge on any atom is 0.294 e. The SMILES string of the molecule is [B]N=Nc1ccc2cc(S(=O)(=O)O)ccc2c1O. The van der Waals surface area contributed by atoms with Crippen LogP contribution >= 0.6 is 0 Å². The molecule has 2 radical (unpaired) electrons. The summed E-state index contributed by atoms with van der Waals surface area (Å²) in [7, 11) is 0.618. The van der Waals surface area contributed by atoms with Crippen LogP contribution < -0.4 is 0 Å². The minimum Gasteiger partial charge on any atom is -0.505 e. The third-order valence-electron chi connectivity index (χ3n) is 2.40. The molecular weight excluding hydrogens is 255 g/mol. The highest BCUT2D eigenvalue weighted by molar-refractivity contribution is 7.85. The fourth-order valence-electron chi connectivity index (χ4n) is 1.58. The molecule has 0 aliphatic heterocycles. The molecule has 2 N–H and O–H groups in total. The maximum absolute atomic E-state index is 11.0. The molecule has 0 spiro atoms. The highest BCUT2D eigenvalue weighted by Gasteiger charge is 2.12. The fourth-order valence-corrected chi connectivity index (χ4v) is 2.10. The van der Waals surface area contributed by atoms with Crippen molar-refractivity contribution < 1.29 is 18.1 Å². The lowest BCUT2D eigenvalue weighted by molar-refractivity contribution is 0.480. The van der Waals surface area contributed by atoms with Crippen LogP contribution in [0.4, 0.5) is 5.69 Å². The Morgan fingerprint density at radius 1 is 1.17 bits per heavy atom. The Bertz CT molecular complexity index is 743. The molecule has 8 heteroatoms. The van der Waals surface area contributed by atoms with Gasteiger partial charge in [0, 0.05) is 5.39 Å². The minimum absolute atomic E-state index is 0.163. The first-order chi connectivity index (χ1) is 8.43. The fraction of sp³-hybridized carbons (Fsp3) is 0. The Kier molecular flexibility index (Phi) is 3.06. The number of benzene rings is 2. The van der Waals surface area contributed by atoms with Crippen molar-refractivity contribution in [3.05, 3.63) is 30.3 Å². The van der Waals surface area contributed by atoms with Crippen molar-refractivity contribution in [1.29, 1.82) is 0 Å². The molecule has 0 aromatic heterocycles. The van der Waals surface area contributed by atoms with Crippen molar-refractivity contribution in [3.63, 3.8) is 0 Å². The second-order valence-electron chi connectivity index (χ2n) is 3.51. The van der Waals surface area contributed by atoms with Gasteiger partial charge in [-0.3, -0.25) is 9.58 Å². The van der Waals surface area contributed by atoms with Gasteiger partial charge in [-0.05, 0) is 29.7 Å². The summed E-state index contributed by atoms with van der Waals surface area (Å²) in [6.45, 7) is 0. The van der Waals surface area contributed by atoms with Gasteiger partial charge in [0.1, 0.15) is 5.69 Å². The van der Waals surface area contributed by atoms with Crippen molar-refractivity contribution in [1.82, 2.24) is 0 Å². The Morgan fingerprint density at radius 3 is 2.50 bits per heavy atom. The minimum atomic E-state index is -4.27. The summed E-state index contributed by atoms with van der Waals surface area (Å²) in [5.41, 5.74) is 0.171. The molecule has 0 atom stereocenters. The van der Waals surface area contributed by atoms with E-state index in [9.17, 15) is 13.5 Å². The van der Waals surface area contributed by atoms with Crippen molar-refractivity contribution in [2.75, 3.05) is 0 Å². The van der Waals surface area contributed by atoms with E-state index in [0.29, 0.717) is 10.8 Å². The standard InChI is InChI=1S/C10H7BN2O4S/c11-13-12-9-4-1-6-5-7(18(15,16)17)2-3-8(6)10(9)14/h1-5,14H,(H,15,16,17). The molecule has 0 amide bonds. The molecule has 6 nitrogen and oxygen atoms in total. The quantitative estimate of drug-likeness (QED) is 0.490. The van der Waals surface area contributed by atoms with Crippen LogP contribution in [0.2, 0.25) is 0 Å². The first-order valence-electron chi connectivity index (χ1n) is 4.77. The van der Waals surface area contributed by atoms with Crippen LogP contribution in [0, 0.1) is 0 Å². The molecule has 0 fully saturated rings. The van der Waals surface area contributed by atoms with Crippen LogP contribution in [0.1, 0.15) is 0 Å². The molecule has 0 saturated carbocycles. The predicted molar refractivity (Wildman–Crippen MR) is 65.7 cm³/mol. The Labute approximate surface area is 104 Å². The summed E-state index contributed by atoms with van der Waals surface area (Å²) < 4.78 is 30.9. The number of phenols is 1. The van der Waals surface area contributed by atoms with Gasteiger partial charge in [-0.15, -0.1) is 0 Å². The maximum atomic E-state index is 11.0. The van der Waals surface area contributed by atoms with E-state index < -0.39 is 10.1 Å². The summed E-state index contributed by atoms with van der Waals surface area (Å²) in [4.78, 5) is -0.248. The van der Waals surface area contributed by atoms with Crippen molar-refractivity contribution in [2.24, 2.45) is 10.1 Å². The van der Waals surface area contributed by atoms with E-state index in [-0.39, 0.29) is 16.3 Å². The summed E-state index contributed by atoms with van der Waals surface area (Å²) in [6.07, 6.45) is 0. The van der Waals surface area contributed by atoms with Crippen molar-refractivity contribution in [2.45, 2.75) is 4.90 Å². The van der Waals surface area contributed by atoms with Crippen molar-refractivity contribution >= 4 is 34.6 Å². The van der Waals surface area contributed by atoms with Gasteiger partial charge in [-0.25, -0.2) is 0 Å². The van der Waals surface area contributed by atoms with E-state index in [2.05, 4.69) is 10.1 Å². The van der Waals surface area contributed by atoms with Crippen LogP contribution in [0.15, 0.2) is 45.4 Å². The van der Waals surface area contributed by atoms with E-state index >= 15 is 0 Å². The molecule has 0 saturated heterocycles. The van der Waals surface area contributed by atoms with Gasteiger partial charge in [-0.1, -0.05) is 6.07 Å². The number of rotatable bonds is 2. The van der Waals surface area contributed by atoms with Crippen LogP contribution in [0.5, 0.6) is 5.75 Å². The molecule has 2 aromatic rings. The summed E-state index contributed by atoms with van der Waals surface area (Å²) >= 11 is 0. The largest absolute Gasteiger partial charge is 0.505 e. The van der Waals surface area contributed by atoms with Crippen LogP contribution in [-0.2, 0) is 10.1 Å². The first kappa shape index (κ1) is 12.5. The second kappa shape index (κ2) is 4.39. The molecule has 2 aromatic carbocycles. The average Bonchev–Trinajstić information content (AvgIpc) is 2.31. The van der Waals surface area contributed by atoms with Gasteiger partial charge in [0.2, 0.25) is 0 Å². The van der Waals surface area contributed by atoms with E-state index in [0.717, 1.165) is 0 Å². The van der Waals surface area contributed by atoms with Crippen LogP contribution in [0.25, 0.3) is 10.8 Å². The van der Waals surface area contributed by atoms with Gasteiger partial charge >= 0.3 is 0 Å². The number of aromatic hydroxyl groups is 1. The third-order valence-corrected chi connectivity index (χ3v) is 3.25. The zero-order valence-corrected chi connectivity index (χ0v) is 9.79. The Balaban J connectivity index is 2.72. The van der Waals surface area contributed by atoms with Crippen LogP contribution in [-0.4, -0.2) is 26.1 Å². The molecule has 90 valence electrons. The third kappa shape index (κ3) is 2.20. The zero-order valence-electron chi connectivity index (χ0n) is 8.98. The normalized spacial score (nSPS) is 12.3. The number of hydrogen-bond donors (Lipinski definition) is 2. The first-order valence-corrected chi connectivity index (χ1v) is 6.21. The lowest BCUT2D eigenvalue weighted by Gasteiger charge is -2.05. The highest BCUT2D eigenvalue weighted by atomic mass is 32.2. The molecule has 0 aliphatic carbocycles. The van der Waals surface area contributed by atoms with Crippen molar-refractivity contribution in [3.8, 4) is 5.75 Å². The van der Waals surface area contributed by atoms with E-state index in [1.165, 1.54) is 30.3 Å². The molecule has 0 unspecified atom stereocenters. The molecular formula is C10H7BN2O4S. The Morgan fingerprint density at radius 2 is 1.89 bits per heavy atom. The van der Waals surface area contributed by atoms with Gasteiger partial charge in [-0.2, -0.15) is 13.5 Å². The smallest absolute Gasteiger partial charge is 0.294 e. The Hall–Kier alpha value is -1.93. The van der Waals surface area contributed by atoms with Gasteiger partial charge in [0.25, 0.3) is 18.1 Å². The van der Waals surface area contributed by atoms with E-state index in [1.54, 1.807) is 0 Å². The molecule has 0 aliphatic rings. The van der Waals surface area contributed by atoms with Gasteiger partial charge < -0.3 is 5.11 Å².